The van der Waals surface area contributed by atoms with Crippen molar-refractivity contribution in [2.24, 2.45) is 11.7 Å². The van der Waals surface area contributed by atoms with Crippen LogP contribution < -0.4 is 10.6 Å². The molecular weight excluding hydrogens is 435 g/mol. The summed E-state index contributed by atoms with van der Waals surface area (Å²) in [4.78, 5) is 17.5. The smallest absolute Gasteiger partial charge is 0.340 e. The lowest BCUT2D eigenvalue weighted by molar-refractivity contribution is -0.137. The minimum absolute atomic E-state index is 0.0121. The first-order valence-electron chi connectivity index (χ1n) is 11.0. The summed E-state index contributed by atoms with van der Waals surface area (Å²) in [7, 11) is 0. The highest BCUT2D eigenvalue weighted by Gasteiger charge is 2.33. The van der Waals surface area contributed by atoms with Gasteiger partial charge < -0.3 is 10.6 Å². The number of hydrogen-bond acceptors (Lipinski definition) is 5. The summed E-state index contributed by atoms with van der Waals surface area (Å²) in [6, 6.07) is 11.9. The highest BCUT2D eigenvalue weighted by molar-refractivity contribution is 7.99. The summed E-state index contributed by atoms with van der Waals surface area (Å²) < 4.78 is 40.1. The fourth-order valence-corrected chi connectivity index (χ4v) is 5.64. The molecule has 0 saturated carbocycles. The second-order valence-corrected chi connectivity index (χ2v) is 9.66. The molecule has 4 rings (SSSR count). The maximum atomic E-state index is 13.4. The first-order chi connectivity index (χ1) is 15.2. The number of alkyl halides is 3. The van der Waals surface area contributed by atoms with Gasteiger partial charge in [0.25, 0.3) is 0 Å². The van der Waals surface area contributed by atoms with E-state index in [-0.39, 0.29) is 5.78 Å². The van der Waals surface area contributed by atoms with E-state index >= 15 is 0 Å². The van der Waals surface area contributed by atoms with Gasteiger partial charge in [0.1, 0.15) is 6.17 Å². The molecule has 0 radical (unpaired) electrons. The summed E-state index contributed by atoms with van der Waals surface area (Å²) in [5, 5.41) is 0. The highest BCUT2D eigenvalue weighted by Crippen LogP contribution is 2.49. The SMILES string of the molecule is CC(=O)C(N)N1CCC(CCCN2c3ccccc3Sc3ccc(C(F)(F)F)cc32)CC1. The molecule has 0 aromatic heterocycles. The van der Waals surface area contributed by atoms with Gasteiger partial charge in [-0.1, -0.05) is 23.9 Å². The van der Waals surface area contributed by atoms with Crippen molar-refractivity contribution in [2.45, 2.75) is 54.7 Å². The van der Waals surface area contributed by atoms with Crippen LogP contribution in [0.4, 0.5) is 24.5 Å². The zero-order valence-corrected chi connectivity index (χ0v) is 18.9. The molecule has 172 valence electrons. The average Bonchev–Trinajstić information content (AvgIpc) is 2.77. The average molecular weight is 464 g/mol. The Morgan fingerprint density at radius 2 is 1.81 bits per heavy atom. The maximum absolute atomic E-state index is 13.4. The van der Waals surface area contributed by atoms with E-state index in [2.05, 4.69) is 0 Å². The van der Waals surface area contributed by atoms with Crippen molar-refractivity contribution < 1.29 is 18.0 Å². The number of carbonyl (C=O) groups excluding carboxylic acids is 1. The van der Waals surface area contributed by atoms with Crippen LogP contribution in [0.15, 0.2) is 52.3 Å². The molecule has 8 heteroatoms. The van der Waals surface area contributed by atoms with Gasteiger partial charge in [-0.3, -0.25) is 9.69 Å². The largest absolute Gasteiger partial charge is 0.416 e. The van der Waals surface area contributed by atoms with Crippen molar-refractivity contribution in [1.82, 2.24) is 4.90 Å². The number of nitrogens with two attached hydrogens (primary N) is 1. The standard InChI is InChI=1S/C24H28F3N3OS/c1-16(31)23(28)29-13-10-17(11-14-29)5-4-12-30-19-6-2-3-7-21(19)32-22-9-8-18(15-20(22)30)24(25,26)27/h2-3,6-9,15,17,23H,4-5,10-14,28H2,1H3. The number of fused-ring (bicyclic) bond motifs is 2. The Labute approximate surface area is 190 Å². The summed E-state index contributed by atoms with van der Waals surface area (Å²) in [6.07, 6.45) is -1.01. The topological polar surface area (TPSA) is 49.6 Å². The Kier molecular flexibility index (Phi) is 6.83. The molecule has 0 spiro atoms. The molecule has 1 fully saturated rings. The minimum atomic E-state index is -4.36. The lowest BCUT2D eigenvalue weighted by atomic mass is 9.91. The van der Waals surface area contributed by atoms with Gasteiger partial charge in [0.2, 0.25) is 0 Å². The molecule has 1 atom stereocenters. The summed E-state index contributed by atoms with van der Waals surface area (Å²) >= 11 is 1.52. The first-order valence-corrected chi connectivity index (χ1v) is 11.8. The van der Waals surface area contributed by atoms with E-state index in [4.69, 9.17) is 5.73 Å². The second kappa shape index (κ2) is 9.45. The lowest BCUT2D eigenvalue weighted by Gasteiger charge is -2.36. The molecule has 2 aromatic rings. The van der Waals surface area contributed by atoms with Gasteiger partial charge in [-0.15, -0.1) is 0 Å². The molecule has 0 amide bonds. The van der Waals surface area contributed by atoms with E-state index in [0.717, 1.165) is 60.3 Å². The molecule has 2 aliphatic rings. The van der Waals surface area contributed by atoms with Crippen LogP contribution in [-0.4, -0.2) is 36.5 Å². The first kappa shape index (κ1) is 23.1. The third kappa shape index (κ3) is 4.97. The van der Waals surface area contributed by atoms with E-state index in [1.54, 1.807) is 6.07 Å². The van der Waals surface area contributed by atoms with Crippen molar-refractivity contribution in [3.63, 3.8) is 0 Å². The molecule has 1 saturated heterocycles. The van der Waals surface area contributed by atoms with Gasteiger partial charge in [0, 0.05) is 29.4 Å². The number of halogens is 3. The quantitative estimate of drug-likeness (QED) is 0.598. The van der Waals surface area contributed by atoms with E-state index in [9.17, 15) is 18.0 Å². The monoisotopic (exact) mass is 463 g/mol. The van der Waals surface area contributed by atoms with Crippen LogP contribution in [0.25, 0.3) is 0 Å². The molecule has 2 aromatic carbocycles. The molecule has 2 heterocycles. The Morgan fingerprint density at radius 1 is 1.12 bits per heavy atom. The van der Waals surface area contributed by atoms with Crippen molar-refractivity contribution in [3.8, 4) is 0 Å². The number of likely N-dealkylation sites (tertiary alicyclic amines) is 1. The van der Waals surface area contributed by atoms with Crippen LogP contribution in [0.1, 0.15) is 38.2 Å². The maximum Gasteiger partial charge on any atom is 0.416 e. The van der Waals surface area contributed by atoms with Crippen molar-refractivity contribution in [1.29, 1.82) is 0 Å². The molecule has 2 aliphatic heterocycles. The predicted octanol–water partition coefficient (Wildman–Crippen LogP) is 5.67. The predicted molar refractivity (Wildman–Crippen MR) is 121 cm³/mol. The number of piperidine rings is 1. The lowest BCUT2D eigenvalue weighted by Crippen LogP contribution is -2.50. The van der Waals surface area contributed by atoms with Gasteiger partial charge in [0.05, 0.1) is 16.9 Å². The summed E-state index contributed by atoms with van der Waals surface area (Å²) in [5.74, 6) is 0.530. The Morgan fingerprint density at radius 3 is 2.50 bits per heavy atom. The number of benzene rings is 2. The second-order valence-electron chi connectivity index (χ2n) is 8.58. The number of anilines is 2. The highest BCUT2D eigenvalue weighted by atomic mass is 32.2. The van der Waals surface area contributed by atoms with Crippen LogP contribution in [0.5, 0.6) is 0 Å². The molecule has 0 bridgehead atoms. The van der Waals surface area contributed by atoms with Gasteiger partial charge >= 0.3 is 6.18 Å². The fourth-order valence-electron chi connectivity index (χ4n) is 4.56. The molecule has 4 nitrogen and oxygen atoms in total. The van der Waals surface area contributed by atoms with Gasteiger partial charge in [-0.25, -0.2) is 0 Å². The number of Topliss-reactive ketones (excluding diaryl/α,β-unsaturated/α-hetero) is 1. The van der Waals surface area contributed by atoms with Crippen molar-refractivity contribution >= 4 is 28.9 Å². The van der Waals surface area contributed by atoms with E-state index in [1.807, 2.05) is 34.1 Å². The molecule has 0 aliphatic carbocycles. The van der Waals surface area contributed by atoms with Crippen molar-refractivity contribution in [2.75, 3.05) is 24.5 Å². The molecule has 32 heavy (non-hydrogen) atoms. The molecular formula is C24H28F3N3OS. The van der Waals surface area contributed by atoms with E-state index in [0.29, 0.717) is 18.2 Å². The number of rotatable bonds is 6. The van der Waals surface area contributed by atoms with Crippen LogP contribution in [-0.2, 0) is 11.0 Å². The number of ketones is 1. The van der Waals surface area contributed by atoms with Gasteiger partial charge in [-0.05, 0) is 68.9 Å². The third-order valence-electron chi connectivity index (χ3n) is 6.41. The minimum Gasteiger partial charge on any atom is -0.340 e. The van der Waals surface area contributed by atoms with Crippen LogP contribution in [0.2, 0.25) is 0 Å². The third-order valence-corrected chi connectivity index (χ3v) is 7.54. The summed E-state index contributed by atoms with van der Waals surface area (Å²) in [6.45, 7) is 3.81. The normalized spacial score (nSPS) is 18.2. The Bertz CT molecular complexity index is 973. The number of hydrogen-bond donors (Lipinski definition) is 1. The fraction of sp³-hybridized carbons (Fsp3) is 0.458. The van der Waals surface area contributed by atoms with Gasteiger partial charge in [0.15, 0.2) is 5.78 Å². The number of para-hydroxylation sites is 1. The molecule has 2 N–H and O–H groups in total. The zero-order chi connectivity index (χ0) is 22.9. The molecule has 1 unspecified atom stereocenters. The summed E-state index contributed by atoms with van der Waals surface area (Å²) in [5.41, 5.74) is 6.93. The van der Waals surface area contributed by atoms with E-state index < -0.39 is 17.9 Å². The van der Waals surface area contributed by atoms with Crippen LogP contribution in [0.3, 0.4) is 0 Å². The number of carbonyl (C=O) groups is 1. The Balaban J connectivity index is 1.44. The van der Waals surface area contributed by atoms with E-state index in [1.165, 1.54) is 24.8 Å². The van der Waals surface area contributed by atoms with Crippen LogP contribution in [0, 0.1) is 5.92 Å². The van der Waals surface area contributed by atoms with Crippen LogP contribution >= 0.6 is 11.8 Å². The Hall–Kier alpha value is -2.03. The zero-order valence-electron chi connectivity index (χ0n) is 18.1. The van der Waals surface area contributed by atoms with Crippen molar-refractivity contribution in [3.05, 3.63) is 48.0 Å². The van der Waals surface area contributed by atoms with Gasteiger partial charge in [-0.2, -0.15) is 13.2 Å². The number of nitrogens with zero attached hydrogens (tertiary/aromatic N) is 2.